The normalized spacial score (nSPS) is 11.2. The molecule has 0 atom stereocenters. The summed E-state index contributed by atoms with van der Waals surface area (Å²) in [5, 5.41) is 2.42. The summed E-state index contributed by atoms with van der Waals surface area (Å²) in [5.74, 6) is -1.30. The van der Waals surface area contributed by atoms with Crippen LogP contribution in [0.2, 0.25) is 5.02 Å². The third-order valence-electron chi connectivity index (χ3n) is 4.26. The van der Waals surface area contributed by atoms with Gasteiger partial charge in [0, 0.05) is 30.3 Å². The van der Waals surface area contributed by atoms with E-state index in [1.807, 2.05) is 24.3 Å². The summed E-state index contributed by atoms with van der Waals surface area (Å²) in [6.07, 6.45) is 0. The van der Waals surface area contributed by atoms with Gasteiger partial charge in [-0.15, -0.1) is 0 Å². The maximum Gasteiger partial charge on any atom is 0.310 e. The lowest BCUT2D eigenvalue weighted by Crippen LogP contribution is -2.37. The highest BCUT2D eigenvalue weighted by Gasteiger charge is 2.22. The van der Waals surface area contributed by atoms with Crippen LogP contribution in [0.1, 0.15) is 31.9 Å². The number of carbonyl (C=O) groups is 2. The minimum absolute atomic E-state index is 0.0488. The van der Waals surface area contributed by atoms with Crippen LogP contribution in [-0.2, 0) is 21.5 Å². The van der Waals surface area contributed by atoms with Crippen molar-refractivity contribution in [2.45, 2.75) is 32.7 Å². The molecule has 4 nitrogen and oxygen atoms in total. The minimum atomic E-state index is -1.08. The highest BCUT2D eigenvalue weighted by Crippen LogP contribution is 2.29. The van der Waals surface area contributed by atoms with E-state index in [1.165, 1.54) is 23.1 Å². The number of rotatable bonds is 7. The number of halogens is 3. The van der Waals surface area contributed by atoms with Crippen LogP contribution < -0.4 is 5.32 Å². The molecule has 0 spiro atoms. The molecule has 0 aliphatic heterocycles. The molecule has 0 aromatic heterocycles. The quantitative estimate of drug-likeness (QED) is 0.503. The lowest BCUT2D eigenvalue weighted by Gasteiger charge is -2.25. The number of hydrogen-bond donors (Lipinski definition) is 1. The van der Waals surface area contributed by atoms with Crippen molar-refractivity contribution in [1.29, 1.82) is 0 Å². The SMILES string of the molecule is CC(C)(C)c1ccccc1NCCN(Cc1ccc(F)cc1Cl)C(=O)C(=O)Cl. The summed E-state index contributed by atoms with van der Waals surface area (Å²) in [6.45, 7) is 7.04. The largest absolute Gasteiger partial charge is 0.383 e. The molecule has 0 aliphatic carbocycles. The molecule has 0 saturated carbocycles. The maximum absolute atomic E-state index is 13.2. The van der Waals surface area contributed by atoms with Gasteiger partial charge in [0.2, 0.25) is 0 Å². The third kappa shape index (κ3) is 5.94. The predicted octanol–water partition coefficient (Wildman–Crippen LogP) is 4.98. The molecular weight excluding hydrogens is 402 g/mol. The smallest absolute Gasteiger partial charge is 0.310 e. The van der Waals surface area contributed by atoms with Crippen molar-refractivity contribution in [2.75, 3.05) is 18.4 Å². The van der Waals surface area contributed by atoms with Crippen molar-refractivity contribution >= 4 is 40.0 Å². The van der Waals surface area contributed by atoms with Crippen LogP contribution >= 0.6 is 23.2 Å². The Morgan fingerprint density at radius 1 is 1.14 bits per heavy atom. The molecule has 0 aliphatic rings. The van der Waals surface area contributed by atoms with Gasteiger partial charge in [-0.3, -0.25) is 9.59 Å². The Hall–Kier alpha value is -2.11. The number of amides is 1. The number of anilines is 1. The first-order chi connectivity index (χ1) is 13.1. The molecule has 28 heavy (non-hydrogen) atoms. The molecule has 2 aromatic rings. The standard InChI is InChI=1S/C21H23Cl2FN2O2/c1-21(2,3)16-6-4-5-7-18(16)25-10-11-26(20(28)19(23)27)13-14-8-9-15(24)12-17(14)22/h4-9,12,25H,10-11,13H2,1-3H3. The van der Waals surface area contributed by atoms with Gasteiger partial charge in [0.15, 0.2) is 0 Å². The molecule has 2 rings (SSSR count). The maximum atomic E-state index is 13.2. The van der Waals surface area contributed by atoms with E-state index < -0.39 is 17.0 Å². The molecule has 0 fully saturated rings. The average molecular weight is 425 g/mol. The number of nitrogens with zero attached hydrogens (tertiary/aromatic N) is 1. The second-order valence-electron chi connectivity index (χ2n) is 7.46. The predicted molar refractivity (Wildman–Crippen MR) is 111 cm³/mol. The molecule has 0 bridgehead atoms. The number of carbonyl (C=O) groups excluding carboxylic acids is 2. The van der Waals surface area contributed by atoms with Crippen LogP contribution in [0.4, 0.5) is 10.1 Å². The second-order valence-corrected chi connectivity index (χ2v) is 8.21. The summed E-state index contributed by atoms with van der Waals surface area (Å²) in [5.41, 5.74) is 2.58. The van der Waals surface area contributed by atoms with Crippen LogP contribution in [-0.4, -0.2) is 29.1 Å². The number of nitrogens with one attached hydrogen (secondary N) is 1. The zero-order valence-corrected chi connectivity index (χ0v) is 17.6. The van der Waals surface area contributed by atoms with Crippen molar-refractivity contribution in [3.8, 4) is 0 Å². The van der Waals surface area contributed by atoms with Crippen LogP contribution in [0.3, 0.4) is 0 Å². The zero-order chi connectivity index (χ0) is 20.9. The fraction of sp³-hybridized carbons (Fsp3) is 0.333. The van der Waals surface area contributed by atoms with Gasteiger partial charge in [0.05, 0.1) is 0 Å². The van der Waals surface area contributed by atoms with Crippen molar-refractivity contribution in [2.24, 2.45) is 0 Å². The Morgan fingerprint density at radius 3 is 2.43 bits per heavy atom. The van der Waals surface area contributed by atoms with Crippen molar-refractivity contribution in [1.82, 2.24) is 4.90 Å². The molecule has 0 unspecified atom stereocenters. The van der Waals surface area contributed by atoms with E-state index in [-0.39, 0.29) is 23.5 Å². The average Bonchev–Trinajstić information content (AvgIpc) is 2.61. The van der Waals surface area contributed by atoms with Crippen LogP contribution in [0, 0.1) is 5.82 Å². The lowest BCUT2D eigenvalue weighted by atomic mass is 9.86. The Bertz CT molecular complexity index is 866. The topological polar surface area (TPSA) is 49.4 Å². The van der Waals surface area contributed by atoms with Crippen molar-refractivity contribution in [3.05, 3.63) is 64.4 Å². The van der Waals surface area contributed by atoms with Crippen molar-refractivity contribution in [3.63, 3.8) is 0 Å². The highest BCUT2D eigenvalue weighted by molar-refractivity contribution is 6.80. The van der Waals surface area contributed by atoms with Gasteiger partial charge in [-0.2, -0.15) is 0 Å². The minimum Gasteiger partial charge on any atom is -0.383 e. The lowest BCUT2D eigenvalue weighted by molar-refractivity contribution is -0.141. The molecule has 1 amide bonds. The molecular formula is C21H23Cl2FN2O2. The molecule has 0 heterocycles. The first-order valence-electron chi connectivity index (χ1n) is 8.85. The Morgan fingerprint density at radius 2 is 1.82 bits per heavy atom. The molecule has 0 radical (unpaired) electrons. The van der Waals surface area contributed by atoms with Gasteiger partial charge in [0.25, 0.3) is 0 Å². The Balaban J connectivity index is 2.12. The highest BCUT2D eigenvalue weighted by atomic mass is 35.5. The van der Waals surface area contributed by atoms with E-state index in [1.54, 1.807) is 0 Å². The monoisotopic (exact) mass is 424 g/mol. The summed E-state index contributed by atoms with van der Waals surface area (Å²) in [6, 6.07) is 11.8. The molecule has 0 saturated heterocycles. The van der Waals surface area contributed by atoms with Gasteiger partial charge in [-0.25, -0.2) is 4.39 Å². The summed E-state index contributed by atoms with van der Waals surface area (Å²) in [4.78, 5) is 24.9. The van der Waals surface area contributed by atoms with Crippen molar-refractivity contribution < 1.29 is 14.0 Å². The fourth-order valence-electron chi connectivity index (χ4n) is 2.85. The summed E-state index contributed by atoms with van der Waals surface area (Å²) >= 11 is 11.4. The number of hydrogen-bond acceptors (Lipinski definition) is 3. The van der Waals surface area contributed by atoms with Crippen LogP contribution in [0.25, 0.3) is 0 Å². The molecule has 7 heteroatoms. The third-order valence-corrected chi connectivity index (χ3v) is 4.78. The molecule has 1 N–H and O–H groups in total. The van der Waals surface area contributed by atoms with Gasteiger partial charge in [-0.05, 0) is 46.3 Å². The van der Waals surface area contributed by atoms with E-state index >= 15 is 0 Å². The van der Waals surface area contributed by atoms with E-state index in [2.05, 4.69) is 26.1 Å². The van der Waals surface area contributed by atoms with E-state index in [9.17, 15) is 14.0 Å². The molecule has 150 valence electrons. The van der Waals surface area contributed by atoms with Gasteiger partial charge in [-0.1, -0.05) is 56.6 Å². The van der Waals surface area contributed by atoms with Gasteiger partial charge >= 0.3 is 11.1 Å². The first-order valence-corrected chi connectivity index (χ1v) is 9.61. The van der Waals surface area contributed by atoms with E-state index in [0.717, 1.165) is 11.3 Å². The van der Waals surface area contributed by atoms with E-state index in [0.29, 0.717) is 12.1 Å². The van der Waals surface area contributed by atoms with Gasteiger partial charge in [0.1, 0.15) is 5.82 Å². The Kier molecular flexibility index (Phi) is 7.44. The fourth-order valence-corrected chi connectivity index (χ4v) is 3.20. The second kappa shape index (κ2) is 9.39. The Labute approximate surface area is 174 Å². The number of para-hydroxylation sites is 1. The van der Waals surface area contributed by atoms with Crippen LogP contribution in [0.15, 0.2) is 42.5 Å². The van der Waals surface area contributed by atoms with E-state index in [4.69, 9.17) is 23.2 Å². The van der Waals surface area contributed by atoms with Gasteiger partial charge < -0.3 is 10.2 Å². The summed E-state index contributed by atoms with van der Waals surface area (Å²) < 4.78 is 13.2. The van der Waals surface area contributed by atoms with Crippen LogP contribution in [0.5, 0.6) is 0 Å². The number of benzene rings is 2. The first kappa shape index (κ1) is 22.2. The zero-order valence-electron chi connectivity index (χ0n) is 16.1. The summed E-state index contributed by atoms with van der Waals surface area (Å²) in [7, 11) is 0. The molecule has 2 aromatic carbocycles.